The summed E-state index contributed by atoms with van der Waals surface area (Å²) in [6, 6.07) is 12.0. The van der Waals surface area contributed by atoms with Crippen LogP contribution in [-0.2, 0) is 11.3 Å². The molecule has 2 heterocycles. The molecule has 1 aliphatic heterocycles. The van der Waals surface area contributed by atoms with Crippen molar-refractivity contribution in [3.63, 3.8) is 0 Å². The molecule has 0 aliphatic carbocycles. The summed E-state index contributed by atoms with van der Waals surface area (Å²) in [5.41, 5.74) is 1.83. The van der Waals surface area contributed by atoms with E-state index in [9.17, 15) is 14.9 Å². The molecule has 0 unspecified atom stereocenters. The van der Waals surface area contributed by atoms with E-state index >= 15 is 0 Å². The highest BCUT2D eigenvalue weighted by atomic mass is 16.6. The lowest BCUT2D eigenvalue weighted by Gasteiger charge is -2.34. The molecule has 1 fully saturated rings. The molecule has 134 valence electrons. The standard InChI is InChI=1S/C19H20N4O3/c24-19(9-6-16-4-7-18(8-5-16)23(25)26)22-13-11-21(12-14-22)15-17-3-1-2-10-20-17/h1-10H,11-15H2/b9-6+. The summed E-state index contributed by atoms with van der Waals surface area (Å²) in [6.45, 7) is 3.77. The number of hydrogen-bond acceptors (Lipinski definition) is 5. The van der Waals surface area contributed by atoms with Crippen molar-refractivity contribution in [2.75, 3.05) is 26.2 Å². The van der Waals surface area contributed by atoms with Gasteiger partial charge >= 0.3 is 0 Å². The van der Waals surface area contributed by atoms with Gasteiger partial charge in [-0.1, -0.05) is 6.07 Å². The molecule has 1 aliphatic rings. The number of benzene rings is 1. The minimum Gasteiger partial charge on any atom is -0.337 e. The normalized spacial score (nSPS) is 15.3. The molecule has 1 saturated heterocycles. The molecule has 0 spiro atoms. The van der Waals surface area contributed by atoms with Gasteiger partial charge in [-0.3, -0.25) is 24.8 Å². The molecule has 1 aromatic heterocycles. The highest BCUT2D eigenvalue weighted by molar-refractivity contribution is 5.91. The van der Waals surface area contributed by atoms with Gasteiger partial charge in [-0.15, -0.1) is 0 Å². The number of hydrogen-bond donors (Lipinski definition) is 0. The largest absolute Gasteiger partial charge is 0.337 e. The molecule has 0 radical (unpaired) electrons. The van der Waals surface area contributed by atoms with E-state index in [-0.39, 0.29) is 11.6 Å². The van der Waals surface area contributed by atoms with Crippen molar-refractivity contribution in [3.8, 4) is 0 Å². The molecular weight excluding hydrogens is 332 g/mol. The second-order valence-corrected chi connectivity index (χ2v) is 6.10. The van der Waals surface area contributed by atoms with Crippen molar-refractivity contribution >= 4 is 17.7 Å². The molecule has 7 heteroatoms. The minimum absolute atomic E-state index is 0.0394. The molecule has 26 heavy (non-hydrogen) atoms. The number of nitro benzene ring substituents is 1. The average molecular weight is 352 g/mol. The first-order valence-electron chi connectivity index (χ1n) is 8.45. The quantitative estimate of drug-likeness (QED) is 0.469. The maximum Gasteiger partial charge on any atom is 0.269 e. The van der Waals surface area contributed by atoms with Crippen molar-refractivity contribution in [1.82, 2.24) is 14.8 Å². The number of non-ortho nitro benzene ring substituents is 1. The Kier molecular flexibility index (Phi) is 5.70. The van der Waals surface area contributed by atoms with Gasteiger partial charge in [0.2, 0.25) is 5.91 Å². The second-order valence-electron chi connectivity index (χ2n) is 6.10. The first kappa shape index (κ1) is 17.8. The van der Waals surface area contributed by atoms with Gasteiger partial charge in [-0.25, -0.2) is 0 Å². The van der Waals surface area contributed by atoms with E-state index in [1.165, 1.54) is 18.2 Å². The number of amides is 1. The van der Waals surface area contributed by atoms with Gasteiger partial charge in [0.1, 0.15) is 0 Å². The van der Waals surface area contributed by atoms with E-state index in [0.29, 0.717) is 13.1 Å². The van der Waals surface area contributed by atoms with Crippen LogP contribution in [-0.4, -0.2) is 51.8 Å². The van der Waals surface area contributed by atoms with E-state index in [1.807, 2.05) is 23.1 Å². The highest BCUT2D eigenvalue weighted by Crippen LogP contribution is 2.13. The number of carbonyl (C=O) groups is 1. The Hall–Kier alpha value is -3.06. The maximum absolute atomic E-state index is 12.3. The lowest BCUT2D eigenvalue weighted by Crippen LogP contribution is -2.47. The van der Waals surface area contributed by atoms with Gasteiger partial charge in [0.05, 0.1) is 10.6 Å². The van der Waals surface area contributed by atoms with Crippen LogP contribution in [0.15, 0.2) is 54.7 Å². The molecule has 2 aromatic rings. The molecule has 7 nitrogen and oxygen atoms in total. The Bertz CT molecular complexity index is 782. The van der Waals surface area contributed by atoms with Crippen LogP contribution < -0.4 is 0 Å². The lowest BCUT2D eigenvalue weighted by atomic mass is 10.2. The van der Waals surface area contributed by atoms with Crippen molar-refractivity contribution in [2.24, 2.45) is 0 Å². The van der Waals surface area contributed by atoms with Crippen LogP contribution in [0, 0.1) is 10.1 Å². The number of rotatable bonds is 5. The molecule has 0 N–H and O–H groups in total. The smallest absolute Gasteiger partial charge is 0.269 e. The van der Waals surface area contributed by atoms with E-state index in [0.717, 1.165) is 30.9 Å². The van der Waals surface area contributed by atoms with Crippen molar-refractivity contribution in [2.45, 2.75) is 6.54 Å². The molecule has 0 bridgehead atoms. The van der Waals surface area contributed by atoms with Gasteiger partial charge in [0.25, 0.3) is 5.69 Å². The van der Waals surface area contributed by atoms with Crippen molar-refractivity contribution < 1.29 is 9.72 Å². The second kappa shape index (κ2) is 8.35. The Morgan fingerprint density at radius 1 is 1.12 bits per heavy atom. The highest BCUT2D eigenvalue weighted by Gasteiger charge is 2.19. The fraction of sp³-hybridized carbons (Fsp3) is 0.263. The third-order valence-corrected chi connectivity index (χ3v) is 4.32. The lowest BCUT2D eigenvalue weighted by molar-refractivity contribution is -0.384. The van der Waals surface area contributed by atoms with Gasteiger partial charge in [-0.2, -0.15) is 0 Å². The third kappa shape index (κ3) is 4.73. The van der Waals surface area contributed by atoms with Crippen LogP contribution in [0.4, 0.5) is 5.69 Å². The number of aromatic nitrogens is 1. The minimum atomic E-state index is -0.441. The molecule has 0 atom stereocenters. The molecular formula is C19H20N4O3. The zero-order valence-corrected chi connectivity index (χ0v) is 14.3. The molecule has 1 aromatic carbocycles. The number of carbonyl (C=O) groups excluding carboxylic acids is 1. The van der Waals surface area contributed by atoms with E-state index in [1.54, 1.807) is 24.4 Å². The summed E-state index contributed by atoms with van der Waals surface area (Å²) < 4.78 is 0. The first-order valence-corrected chi connectivity index (χ1v) is 8.45. The number of nitrogens with zero attached hydrogens (tertiary/aromatic N) is 4. The van der Waals surface area contributed by atoms with Crippen LogP contribution in [0.5, 0.6) is 0 Å². The fourth-order valence-electron chi connectivity index (χ4n) is 2.83. The maximum atomic E-state index is 12.3. The number of pyridine rings is 1. The van der Waals surface area contributed by atoms with Gasteiger partial charge in [-0.05, 0) is 35.9 Å². The predicted molar refractivity (Wildman–Crippen MR) is 98.2 cm³/mol. The van der Waals surface area contributed by atoms with Crippen LogP contribution in [0.2, 0.25) is 0 Å². The summed E-state index contributed by atoms with van der Waals surface area (Å²) in [6.07, 6.45) is 5.00. The van der Waals surface area contributed by atoms with Gasteiger partial charge < -0.3 is 4.90 Å². The number of nitro groups is 1. The predicted octanol–water partition coefficient (Wildman–Crippen LogP) is 2.35. The van der Waals surface area contributed by atoms with E-state index in [2.05, 4.69) is 9.88 Å². The monoisotopic (exact) mass is 352 g/mol. The Balaban J connectivity index is 1.49. The van der Waals surface area contributed by atoms with Crippen LogP contribution in [0.3, 0.4) is 0 Å². The fourth-order valence-corrected chi connectivity index (χ4v) is 2.83. The summed E-state index contributed by atoms with van der Waals surface area (Å²) in [4.78, 5) is 30.9. The Labute approximate surface area is 151 Å². The van der Waals surface area contributed by atoms with Crippen molar-refractivity contribution in [1.29, 1.82) is 0 Å². The van der Waals surface area contributed by atoms with Gasteiger partial charge in [0, 0.05) is 57.1 Å². The Morgan fingerprint density at radius 2 is 1.85 bits per heavy atom. The molecule has 3 rings (SSSR count). The van der Waals surface area contributed by atoms with Crippen molar-refractivity contribution in [3.05, 3.63) is 76.1 Å². The van der Waals surface area contributed by atoms with E-state index < -0.39 is 4.92 Å². The Morgan fingerprint density at radius 3 is 2.46 bits per heavy atom. The molecule has 1 amide bonds. The third-order valence-electron chi connectivity index (χ3n) is 4.32. The summed E-state index contributed by atoms with van der Waals surface area (Å²) in [7, 11) is 0. The number of piperazine rings is 1. The van der Waals surface area contributed by atoms with E-state index in [4.69, 9.17) is 0 Å². The van der Waals surface area contributed by atoms with Crippen LogP contribution in [0.25, 0.3) is 6.08 Å². The first-order chi connectivity index (χ1) is 12.6. The topological polar surface area (TPSA) is 79.6 Å². The molecule has 0 saturated carbocycles. The summed E-state index contributed by atoms with van der Waals surface area (Å²) in [5.74, 6) is -0.0409. The summed E-state index contributed by atoms with van der Waals surface area (Å²) >= 11 is 0. The zero-order chi connectivity index (χ0) is 18.4. The summed E-state index contributed by atoms with van der Waals surface area (Å²) in [5, 5.41) is 10.6. The average Bonchev–Trinajstić information content (AvgIpc) is 2.68. The zero-order valence-electron chi connectivity index (χ0n) is 14.3. The van der Waals surface area contributed by atoms with Gasteiger partial charge in [0.15, 0.2) is 0 Å². The van der Waals surface area contributed by atoms with Crippen LogP contribution in [0.1, 0.15) is 11.3 Å². The SMILES string of the molecule is O=C(/C=C/c1ccc([N+](=O)[O-])cc1)N1CCN(Cc2ccccn2)CC1. The van der Waals surface area contributed by atoms with Crippen LogP contribution >= 0.6 is 0 Å².